The minimum atomic E-state index is -5.04. The zero-order valence-corrected chi connectivity index (χ0v) is 18.1. The molecule has 0 radical (unpaired) electrons. The molecule has 5 nitrogen and oxygen atoms in total. The molecule has 0 heterocycles. The number of hydrogen-bond donors (Lipinski definition) is 3. The average Bonchev–Trinajstić information content (AvgIpc) is 2.62. The van der Waals surface area contributed by atoms with Crippen LogP contribution in [0.2, 0.25) is 20.1 Å². The fourth-order valence-corrected chi connectivity index (χ4v) is 5.32. The van der Waals surface area contributed by atoms with Gasteiger partial charge >= 0.3 is 0 Å². The molecular weight excluding hydrogens is 482 g/mol. The predicted octanol–water partition coefficient (Wildman–Crippen LogP) is 5.89. The molecule has 0 aliphatic rings. The zero-order chi connectivity index (χ0) is 21.6. The summed E-state index contributed by atoms with van der Waals surface area (Å²) in [5.41, 5.74) is -0.279. The molecule has 3 rings (SSSR count). The molecule has 0 saturated carbocycles. The highest BCUT2D eigenvalue weighted by atomic mass is 35.5. The summed E-state index contributed by atoms with van der Waals surface area (Å²) in [7, 11) is -5.04. The van der Waals surface area contributed by atoms with Gasteiger partial charge in [-0.2, -0.15) is 8.42 Å². The van der Waals surface area contributed by atoms with Crippen molar-refractivity contribution in [3.05, 3.63) is 91.4 Å². The van der Waals surface area contributed by atoms with E-state index in [0.29, 0.717) is 0 Å². The Morgan fingerprint density at radius 2 is 1.34 bits per heavy atom. The lowest BCUT2D eigenvalue weighted by Gasteiger charge is -2.33. The van der Waals surface area contributed by atoms with Gasteiger partial charge in [-0.05, 0) is 47.5 Å². The van der Waals surface area contributed by atoms with Crippen LogP contribution in [-0.4, -0.2) is 23.2 Å². The third-order valence-corrected chi connectivity index (χ3v) is 7.20. The first-order valence-corrected chi connectivity index (χ1v) is 10.8. The van der Waals surface area contributed by atoms with Crippen LogP contribution in [0.1, 0.15) is 16.7 Å². The fourth-order valence-electron chi connectivity index (χ4n) is 3.16. The molecule has 0 amide bonds. The maximum absolute atomic E-state index is 12.9. The molecule has 0 aromatic heterocycles. The predicted molar refractivity (Wildman–Crippen MR) is 114 cm³/mol. The maximum Gasteiger partial charge on any atom is 0.283 e. The third kappa shape index (κ3) is 3.77. The van der Waals surface area contributed by atoms with Crippen LogP contribution in [0.25, 0.3) is 0 Å². The van der Waals surface area contributed by atoms with E-state index >= 15 is 0 Å². The fraction of sp³-hybridized carbons (Fsp3) is 0.0526. The lowest BCUT2D eigenvalue weighted by Crippen LogP contribution is -2.38. The van der Waals surface area contributed by atoms with E-state index in [1.165, 1.54) is 42.5 Å². The van der Waals surface area contributed by atoms with Gasteiger partial charge in [0.25, 0.3) is 10.1 Å². The van der Waals surface area contributed by atoms with E-state index in [9.17, 15) is 23.2 Å². The summed E-state index contributed by atoms with van der Waals surface area (Å²) in [5, 5.41) is 20.0. The summed E-state index contributed by atoms with van der Waals surface area (Å²) in [6.07, 6.45) is 0. The Kier molecular flexibility index (Phi) is 5.98. The Morgan fingerprint density at radius 3 is 1.93 bits per heavy atom. The molecule has 0 fully saturated rings. The van der Waals surface area contributed by atoms with Gasteiger partial charge in [-0.1, -0.05) is 64.6 Å². The van der Waals surface area contributed by atoms with Gasteiger partial charge in [0.2, 0.25) is 0 Å². The molecule has 152 valence electrons. The van der Waals surface area contributed by atoms with E-state index in [-0.39, 0.29) is 42.5 Å². The van der Waals surface area contributed by atoms with E-state index in [2.05, 4.69) is 0 Å². The van der Waals surface area contributed by atoms with Crippen LogP contribution in [0.5, 0.6) is 11.5 Å². The average molecular weight is 494 g/mol. The van der Waals surface area contributed by atoms with Gasteiger partial charge in [-0.3, -0.25) is 4.55 Å². The molecule has 1 atom stereocenters. The van der Waals surface area contributed by atoms with Crippen molar-refractivity contribution < 1.29 is 23.2 Å². The van der Waals surface area contributed by atoms with E-state index in [1.54, 1.807) is 0 Å². The van der Waals surface area contributed by atoms with Crippen molar-refractivity contribution in [3.63, 3.8) is 0 Å². The largest absolute Gasteiger partial charge is 0.508 e. The van der Waals surface area contributed by atoms with Crippen molar-refractivity contribution in [1.82, 2.24) is 0 Å². The van der Waals surface area contributed by atoms with E-state index < -0.39 is 20.6 Å². The lowest BCUT2D eigenvalue weighted by molar-refractivity contribution is 0.455. The number of halogens is 4. The molecule has 0 bridgehead atoms. The Balaban J connectivity index is 2.58. The maximum atomic E-state index is 12.9. The third-order valence-electron chi connectivity index (χ3n) is 4.38. The highest BCUT2D eigenvalue weighted by Gasteiger charge is 2.50. The topological polar surface area (TPSA) is 94.8 Å². The molecule has 3 N–H and O–H groups in total. The van der Waals surface area contributed by atoms with Crippen molar-refractivity contribution in [2.24, 2.45) is 0 Å². The van der Waals surface area contributed by atoms with E-state index in [0.717, 1.165) is 12.1 Å². The van der Waals surface area contributed by atoms with Gasteiger partial charge in [0.15, 0.2) is 4.75 Å². The molecule has 0 spiro atoms. The molecule has 10 heteroatoms. The number of phenolic OH excluding ortho intramolecular Hbond substituents is 2. The molecule has 3 aromatic rings. The smallest absolute Gasteiger partial charge is 0.283 e. The Bertz CT molecular complexity index is 1210. The number of benzene rings is 3. The molecule has 29 heavy (non-hydrogen) atoms. The minimum absolute atomic E-state index is 0.0163. The first kappa shape index (κ1) is 22.0. The van der Waals surface area contributed by atoms with Crippen LogP contribution in [-0.2, 0) is 14.9 Å². The van der Waals surface area contributed by atoms with Crippen molar-refractivity contribution in [1.29, 1.82) is 0 Å². The van der Waals surface area contributed by atoms with Gasteiger partial charge in [0, 0.05) is 10.6 Å². The summed E-state index contributed by atoms with van der Waals surface area (Å²) in [6, 6.07) is 11.3. The van der Waals surface area contributed by atoms with Crippen molar-refractivity contribution in [2.45, 2.75) is 4.75 Å². The Morgan fingerprint density at radius 1 is 0.724 bits per heavy atom. The van der Waals surface area contributed by atoms with Crippen LogP contribution in [0.4, 0.5) is 0 Å². The Labute approximate surface area is 186 Å². The summed E-state index contributed by atoms with van der Waals surface area (Å²) < 4.78 is 34.0. The van der Waals surface area contributed by atoms with Gasteiger partial charge in [0.05, 0.1) is 15.1 Å². The second-order valence-electron chi connectivity index (χ2n) is 6.12. The number of phenols is 2. The summed E-state index contributed by atoms with van der Waals surface area (Å²) in [6.45, 7) is 0. The highest BCUT2D eigenvalue weighted by molar-refractivity contribution is 7.87. The molecule has 0 aliphatic carbocycles. The van der Waals surface area contributed by atoms with Crippen molar-refractivity contribution >= 4 is 56.5 Å². The highest BCUT2D eigenvalue weighted by Crippen LogP contribution is 2.49. The molecule has 0 saturated heterocycles. The minimum Gasteiger partial charge on any atom is -0.508 e. The SMILES string of the molecule is O=S(=O)(O)C(c1cccc(O)c1)(c1ccc(Cl)c(O)c1)c1cc(Cl)c(Cl)cc1Cl. The van der Waals surface area contributed by atoms with Crippen LogP contribution >= 0.6 is 46.4 Å². The van der Waals surface area contributed by atoms with Gasteiger partial charge in [-0.25, -0.2) is 0 Å². The second kappa shape index (κ2) is 7.87. The van der Waals surface area contributed by atoms with Crippen LogP contribution in [0.3, 0.4) is 0 Å². The van der Waals surface area contributed by atoms with Crippen molar-refractivity contribution in [2.75, 3.05) is 0 Å². The summed E-state index contributed by atoms with van der Waals surface area (Å²) in [5.74, 6) is -0.682. The standard InChI is InChI=1S/C19H12Cl4O5S/c20-14-5-4-11(7-18(14)25)19(29(26,27)28,10-2-1-3-12(24)6-10)13-8-16(22)17(23)9-15(13)21/h1-9,24-25H,(H,26,27,28). The van der Waals surface area contributed by atoms with E-state index in [1.807, 2.05) is 0 Å². The van der Waals surface area contributed by atoms with Crippen molar-refractivity contribution in [3.8, 4) is 11.5 Å². The normalized spacial score (nSPS) is 13.8. The summed E-state index contributed by atoms with van der Waals surface area (Å²) >= 11 is 24.3. The molecular formula is C19H12Cl4O5S. The second-order valence-corrected chi connectivity index (χ2v) is 9.31. The monoisotopic (exact) mass is 492 g/mol. The molecule has 0 aliphatic heterocycles. The Hall–Kier alpha value is -1.67. The number of hydrogen-bond acceptors (Lipinski definition) is 4. The van der Waals surface area contributed by atoms with Gasteiger partial charge in [0.1, 0.15) is 11.5 Å². The molecule has 3 aromatic carbocycles. The lowest BCUT2D eigenvalue weighted by atomic mass is 9.83. The van der Waals surface area contributed by atoms with Crippen LogP contribution < -0.4 is 0 Å². The molecule has 1 unspecified atom stereocenters. The first-order chi connectivity index (χ1) is 13.5. The van der Waals surface area contributed by atoms with Crippen LogP contribution in [0, 0.1) is 0 Å². The van der Waals surface area contributed by atoms with Gasteiger partial charge < -0.3 is 10.2 Å². The van der Waals surface area contributed by atoms with Gasteiger partial charge in [-0.15, -0.1) is 0 Å². The number of aromatic hydroxyl groups is 2. The number of rotatable bonds is 4. The van der Waals surface area contributed by atoms with Crippen LogP contribution in [0.15, 0.2) is 54.6 Å². The van der Waals surface area contributed by atoms with E-state index in [4.69, 9.17) is 46.4 Å². The first-order valence-electron chi connectivity index (χ1n) is 7.89. The zero-order valence-electron chi connectivity index (χ0n) is 14.3. The quantitative estimate of drug-likeness (QED) is 0.239. The summed E-state index contributed by atoms with van der Waals surface area (Å²) in [4.78, 5) is 0.